The minimum atomic E-state index is -3.05. The Labute approximate surface area is 129 Å². The average Bonchev–Trinajstić information content (AvgIpc) is 2.67. The van der Waals surface area contributed by atoms with E-state index >= 15 is 0 Å². The second-order valence-corrected chi connectivity index (χ2v) is 4.93. The molecule has 1 unspecified atom stereocenters. The van der Waals surface area contributed by atoms with E-state index in [-0.39, 0.29) is 0 Å². The van der Waals surface area contributed by atoms with E-state index in [1.54, 1.807) is 4.98 Å². The van der Waals surface area contributed by atoms with Crippen molar-refractivity contribution < 1.29 is 22.1 Å². The third-order valence-electron chi connectivity index (χ3n) is 2.90. The van der Waals surface area contributed by atoms with E-state index in [4.69, 9.17) is 30.7 Å². The number of halogens is 3. The fraction of sp³-hybridized carbons (Fsp3) is 0.455. The lowest BCUT2D eigenvalue weighted by Gasteiger charge is -2.25. The lowest BCUT2D eigenvalue weighted by molar-refractivity contribution is -0.0467. The quantitative estimate of drug-likeness (QED) is 0.478. The van der Waals surface area contributed by atoms with Gasteiger partial charge in [0.1, 0.15) is 12.2 Å². The number of hydrogen-bond acceptors (Lipinski definition) is 5. The molecule has 1 aromatic rings. The van der Waals surface area contributed by atoms with Crippen molar-refractivity contribution in [1.29, 1.82) is 0 Å². The molecule has 1 aromatic heterocycles. The monoisotopic (exact) mass is 340 g/mol. The van der Waals surface area contributed by atoms with Crippen LogP contribution in [0, 0.1) is 17.1 Å². The molecule has 0 aliphatic carbocycles. The molecule has 10 heteroatoms. The Hall–Kier alpha value is -1.37. The highest BCUT2D eigenvalue weighted by molar-refractivity contribution is 6.32. The van der Waals surface area contributed by atoms with Crippen LogP contribution in [-0.4, -0.2) is 43.4 Å². The van der Waals surface area contributed by atoms with Crippen LogP contribution in [0.4, 0.5) is 4.39 Å². The van der Waals surface area contributed by atoms with Gasteiger partial charge in [0.15, 0.2) is 11.1 Å². The molecular formula is C11H9Cl2FN2O5. The molecule has 1 aliphatic heterocycles. The van der Waals surface area contributed by atoms with E-state index in [9.17, 15) is 24.2 Å². The number of nitrogens with zero attached hydrogens (tertiary/aromatic N) is 1. The Kier molecular flexibility index (Phi) is 3.67. The van der Waals surface area contributed by atoms with Crippen molar-refractivity contribution >= 4 is 23.2 Å². The van der Waals surface area contributed by atoms with Crippen molar-refractivity contribution in [3.8, 4) is 11.3 Å². The van der Waals surface area contributed by atoms with Gasteiger partial charge in [-0.3, -0.25) is 14.3 Å². The highest BCUT2D eigenvalue weighted by Crippen LogP contribution is 2.42. The molecular weight excluding hydrogens is 330 g/mol. The number of aromatic amines is 1. The predicted octanol–water partition coefficient (Wildman–Crippen LogP) is -0.896. The summed E-state index contributed by atoms with van der Waals surface area (Å²) in [5.74, 6) is 0.786. The van der Waals surface area contributed by atoms with Gasteiger partial charge >= 0.3 is 5.69 Å². The Morgan fingerprint density at radius 3 is 2.90 bits per heavy atom. The number of alkyl halides is 1. The Balaban J connectivity index is 2.64. The van der Waals surface area contributed by atoms with E-state index in [0.29, 0.717) is 10.8 Å². The first-order valence-electron chi connectivity index (χ1n) is 6.41. The maximum Gasteiger partial charge on any atom is 0.330 e. The van der Waals surface area contributed by atoms with Crippen molar-refractivity contribution in [1.82, 2.24) is 9.55 Å². The number of rotatable bonds is 2. The van der Waals surface area contributed by atoms with Gasteiger partial charge < -0.3 is 14.9 Å². The van der Waals surface area contributed by atoms with Crippen LogP contribution in [0.5, 0.6) is 0 Å². The maximum atomic E-state index is 13.4. The second-order valence-electron chi connectivity index (χ2n) is 4.11. The average molecular weight is 341 g/mol. The summed E-state index contributed by atoms with van der Waals surface area (Å²) in [6.45, 7) is -3.05. The zero-order valence-electron chi connectivity index (χ0n) is 12.0. The lowest BCUT2D eigenvalue weighted by Crippen LogP contribution is -2.44. The second kappa shape index (κ2) is 5.79. The Morgan fingerprint density at radius 2 is 2.33 bits per heavy atom. The van der Waals surface area contributed by atoms with E-state index < -0.39 is 46.9 Å². The number of ether oxygens (including phenoxy) is 1. The van der Waals surface area contributed by atoms with Crippen LogP contribution in [0.2, 0.25) is 0 Å². The van der Waals surface area contributed by atoms with Gasteiger partial charge in [0.05, 0.1) is 15.5 Å². The van der Waals surface area contributed by atoms with Crippen molar-refractivity contribution in [3.05, 3.63) is 32.9 Å². The third kappa shape index (κ3) is 2.59. The molecule has 114 valence electrons. The predicted molar refractivity (Wildman–Crippen MR) is 70.5 cm³/mol. The smallest absolute Gasteiger partial charge is 0.330 e. The van der Waals surface area contributed by atoms with Crippen LogP contribution in [-0.2, 0) is 4.74 Å². The molecule has 0 spiro atoms. The van der Waals surface area contributed by atoms with Gasteiger partial charge in [-0.05, 0) is 11.6 Å². The van der Waals surface area contributed by atoms with E-state index in [0.717, 1.165) is 0 Å². The SMILES string of the molecule is [2H]C([2H])(O)[C@H]1O[C@@H](n2cc(F)c(=O)[nH]c2=O)C(Cl)(C#CCl)[C@H]1O. The van der Waals surface area contributed by atoms with E-state index in [1.165, 1.54) is 0 Å². The zero-order valence-corrected chi connectivity index (χ0v) is 11.5. The van der Waals surface area contributed by atoms with E-state index in [1.807, 2.05) is 5.38 Å². The minimum Gasteiger partial charge on any atom is -0.394 e. The van der Waals surface area contributed by atoms with Crippen molar-refractivity contribution in [2.45, 2.75) is 23.3 Å². The molecule has 1 saturated heterocycles. The van der Waals surface area contributed by atoms with Gasteiger partial charge in [0.2, 0.25) is 5.82 Å². The number of aliphatic hydroxyl groups excluding tert-OH is 1. The first kappa shape index (κ1) is 13.3. The minimum absolute atomic E-state index is 0.459. The molecule has 0 aromatic carbocycles. The van der Waals surface area contributed by atoms with Crippen molar-refractivity contribution in [2.75, 3.05) is 6.56 Å². The maximum absolute atomic E-state index is 13.4. The van der Waals surface area contributed by atoms with Crippen LogP contribution < -0.4 is 11.2 Å². The first-order valence-corrected chi connectivity index (χ1v) is 6.16. The van der Waals surface area contributed by atoms with Crippen LogP contribution in [0.1, 0.15) is 8.97 Å². The molecule has 1 fully saturated rings. The summed E-state index contributed by atoms with van der Waals surface area (Å²) in [5.41, 5.74) is -2.43. The lowest BCUT2D eigenvalue weighted by atomic mass is 9.99. The van der Waals surface area contributed by atoms with Gasteiger partial charge in [0.25, 0.3) is 5.56 Å². The first-order chi connectivity index (χ1) is 10.5. The molecule has 2 rings (SSSR count). The number of aromatic nitrogens is 2. The largest absolute Gasteiger partial charge is 0.394 e. The molecule has 2 heterocycles. The standard InChI is InChI=1S/C11H9Cl2FN2O5/c12-2-1-11(13)7(18)6(4-17)21-9(11)16-3-5(14)8(19)15-10(16)20/h3,6-7,9,17-18H,4H2,(H,15,19,20)/t6-,7+,9-,11?/m1/s1/i4D2. The number of hydrogen-bond donors (Lipinski definition) is 3. The number of nitrogens with one attached hydrogen (secondary N) is 1. The summed E-state index contributed by atoms with van der Waals surface area (Å²) in [6, 6.07) is 0. The summed E-state index contributed by atoms with van der Waals surface area (Å²) in [4.78, 5) is 22.4. The topological polar surface area (TPSA) is 105 Å². The van der Waals surface area contributed by atoms with Crippen LogP contribution >= 0.6 is 23.2 Å². The van der Waals surface area contributed by atoms with E-state index in [2.05, 4.69) is 5.92 Å². The summed E-state index contributed by atoms with van der Waals surface area (Å²) >= 11 is 11.4. The van der Waals surface area contributed by atoms with Gasteiger partial charge in [-0.15, -0.1) is 0 Å². The summed E-state index contributed by atoms with van der Waals surface area (Å²) in [6.07, 6.45) is -5.12. The summed E-state index contributed by atoms with van der Waals surface area (Å²) in [5, 5.41) is 21.4. The normalized spacial score (nSPS) is 33.9. The van der Waals surface area contributed by atoms with Gasteiger partial charge in [-0.2, -0.15) is 4.39 Å². The Morgan fingerprint density at radius 1 is 1.67 bits per heavy atom. The van der Waals surface area contributed by atoms with Crippen molar-refractivity contribution in [3.63, 3.8) is 0 Å². The highest BCUT2D eigenvalue weighted by Gasteiger charge is 2.56. The van der Waals surface area contributed by atoms with Crippen LogP contribution in [0.25, 0.3) is 0 Å². The van der Waals surface area contributed by atoms with Crippen molar-refractivity contribution in [2.24, 2.45) is 0 Å². The number of aliphatic hydroxyl groups is 2. The third-order valence-corrected chi connectivity index (χ3v) is 3.49. The molecule has 1 aliphatic rings. The molecule has 0 saturated carbocycles. The summed E-state index contributed by atoms with van der Waals surface area (Å²) in [7, 11) is 0. The molecule has 0 bridgehead atoms. The fourth-order valence-electron chi connectivity index (χ4n) is 1.89. The fourth-order valence-corrected chi connectivity index (χ4v) is 2.41. The van der Waals surface area contributed by atoms with Gasteiger partial charge in [-0.1, -0.05) is 17.5 Å². The molecule has 7 nitrogen and oxygen atoms in total. The van der Waals surface area contributed by atoms with Crippen LogP contribution in [0.3, 0.4) is 0 Å². The molecule has 4 atom stereocenters. The summed E-state index contributed by atoms with van der Waals surface area (Å²) < 4.78 is 33.4. The molecule has 0 radical (unpaired) electrons. The van der Waals surface area contributed by atoms with Crippen LogP contribution in [0.15, 0.2) is 15.8 Å². The number of H-pyrrole nitrogens is 1. The van der Waals surface area contributed by atoms with Gasteiger partial charge in [0, 0.05) is 5.38 Å². The highest BCUT2D eigenvalue weighted by atomic mass is 35.5. The molecule has 0 amide bonds. The van der Waals surface area contributed by atoms with Gasteiger partial charge in [-0.25, -0.2) is 4.79 Å². The molecule has 3 N–H and O–H groups in total. The molecule has 21 heavy (non-hydrogen) atoms. The Bertz CT molecular complexity index is 799. The zero-order chi connectivity index (χ0) is 17.6.